The molecule has 0 unspecified atom stereocenters. The minimum Gasteiger partial charge on any atom is -0.460 e. The van der Waals surface area contributed by atoms with E-state index in [0.717, 1.165) is 67.7 Å². The summed E-state index contributed by atoms with van der Waals surface area (Å²) in [5, 5.41) is 17.3. The molecular weight excluding hydrogens is 538 g/mol. The molecule has 0 spiro atoms. The third kappa shape index (κ3) is 9.39. The average molecular weight is 582 g/mol. The first-order chi connectivity index (χ1) is 19.5. The molecule has 1 aliphatic carbocycles. The molecule has 0 radical (unpaired) electrons. The maximum absolute atomic E-state index is 12.2. The summed E-state index contributed by atoms with van der Waals surface area (Å²) in [6.45, 7) is 9.51. The van der Waals surface area contributed by atoms with E-state index in [1.165, 1.54) is 0 Å². The van der Waals surface area contributed by atoms with Gasteiger partial charge < -0.3 is 20.1 Å². The van der Waals surface area contributed by atoms with Crippen LogP contribution >= 0.6 is 11.6 Å². The second-order valence-corrected chi connectivity index (χ2v) is 13.1. The van der Waals surface area contributed by atoms with Crippen LogP contribution in [0.25, 0.3) is 11.3 Å². The summed E-state index contributed by atoms with van der Waals surface area (Å²) < 4.78 is 10.9. The summed E-state index contributed by atoms with van der Waals surface area (Å²) in [6, 6.07) is 10.9. The van der Waals surface area contributed by atoms with E-state index in [1.54, 1.807) is 6.20 Å². The van der Waals surface area contributed by atoms with Crippen molar-refractivity contribution in [1.29, 1.82) is 5.26 Å². The van der Waals surface area contributed by atoms with Crippen molar-refractivity contribution in [2.45, 2.75) is 96.7 Å². The molecule has 4 rings (SSSR count). The fourth-order valence-corrected chi connectivity index (χ4v) is 5.95. The largest absolute Gasteiger partial charge is 0.460 e. The first kappa shape index (κ1) is 31.2. The number of anilines is 1. The van der Waals surface area contributed by atoms with E-state index in [9.17, 15) is 10.1 Å². The van der Waals surface area contributed by atoms with Gasteiger partial charge in [-0.15, -0.1) is 0 Å². The zero-order chi connectivity index (χ0) is 29.5. The number of aromatic nitrogens is 2. The molecule has 8 nitrogen and oxygen atoms in total. The number of nitrogens with zero attached hydrogens (tertiary/aromatic N) is 3. The highest BCUT2D eigenvalue weighted by molar-refractivity contribution is 6.33. The molecule has 2 N–H and O–H groups in total. The van der Waals surface area contributed by atoms with Gasteiger partial charge in [-0.05, 0) is 96.8 Å². The molecule has 2 aliphatic rings. The molecule has 41 heavy (non-hydrogen) atoms. The fourth-order valence-electron chi connectivity index (χ4n) is 5.75. The third-order valence-corrected chi connectivity index (χ3v) is 8.29. The molecule has 0 amide bonds. The molecule has 2 fully saturated rings. The minimum absolute atomic E-state index is 0.0896. The van der Waals surface area contributed by atoms with Crippen molar-refractivity contribution in [2.24, 2.45) is 11.3 Å². The molecule has 0 bridgehead atoms. The van der Waals surface area contributed by atoms with E-state index in [0.29, 0.717) is 43.2 Å². The zero-order valence-electron chi connectivity index (χ0n) is 24.8. The molecule has 0 aromatic carbocycles. The van der Waals surface area contributed by atoms with Crippen molar-refractivity contribution in [2.75, 3.05) is 25.1 Å². The van der Waals surface area contributed by atoms with Crippen molar-refractivity contribution in [3.8, 4) is 17.3 Å². The summed E-state index contributed by atoms with van der Waals surface area (Å²) in [6.07, 6.45) is 8.83. The second kappa shape index (κ2) is 14.0. The fraction of sp³-hybridized carbons (Fsp3) is 0.625. The number of ether oxygens (including phenoxy) is 2. The number of halogens is 1. The number of hydrogen-bond acceptors (Lipinski definition) is 8. The summed E-state index contributed by atoms with van der Waals surface area (Å²) >= 11 is 6.59. The van der Waals surface area contributed by atoms with Crippen LogP contribution in [0.15, 0.2) is 30.5 Å². The lowest BCUT2D eigenvalue weighted by atomic mass is 9.82. The molecular formula is C32H44ClN5O3. The van der Waals surface area contributed by atoms with Gasteiger partial charge in [0.05, 0.1) is 28.6 Å². The SMILES string of the molecule is C[C@H](CC(=O)OC(C)(C)C)NC1CCC(Cc2cc(-c3cccc(NCC4(C#N)CCOCC4)n3)c(Cl)cn2)CC1. The number of nitrogens with one attached hydrogen (secondary N) is 2. The van der Waals surface area contributed by atoms with Gasteiger partial charge in [0.25, 0.3) is 0 Å². The van der Waals surface area contributed by atoms with Crippen LogP contribution in [0.1, 0.15) is 78.3 Å². The smallest absolute Gasteiger partial charge is 0.307 e. The summed E-state index contributed by atoms with van der Waals surface area (Å²) in [5.74, 6) is 1.13. The Kier molecular flexibility index (Phi) is 10.6. The van der Waals surface area contributed by atoms with Crippen molar-refractivity contribution in [3.63, 3.8) is 0 Å². The van der Waals surface area contributed by atoms with Crippen LogP contribution in [0, 0.1) is 22.7 Å². The highest BCUT2D eigenvalue weighted by Gasteiger charge is 2.32. The Morgan fingerprint density at radius 2 is 1.98 bits per heavy atom. The molecule has 2 aromatic heterocycles. The van der Waals surface area contributed by atoms with Crippen molar-refractivity contribution in [1.82, 2.24) is 15.3 Å². The summed E-state index contributed by atoms with van der Waals surface area (Å²) in [4.78, 5) is 21.6. The molecule has 1 saturated heterocycles. The number of rotatable bonds is 10. The van der Waals surface area contributed by atoms with Gasteiger partial charge in [0.15, 0.2) is 0 Å². The Labute approximate surface area is 249 Å². The quantitative estimate of drug-likeness (QED) is 0.313. The van der Waals surface area contributed by atoms with Crippen LogP contribution in [0.2, 0.25) is 5.02 Å². The van der Waals surface area contributed by atoms with Crippen LogP contribution in [0.4, 0.5) is 5.82 Å². The van der Waals surface area contributed by atoms with Crippen LogP contribution in [-0.4, -0.2) is 53.4 Å². The Balaban J connectivity index is 1.30. The molecule has 1 aliphatic heterocycles. The van der Waals surface area contributed by atoms with Gasteiger partial charge in [0, 0.05) is 49.3 Å². The number of pyridine rings is 2. The van der Waals surface area contributed by atoms with Gasteiger partial charge in [0.1, 0.15) is 11.4 Å². The van der Waals surface area contributed by atoms with Gasteiger partial charge >= 0.3 is 5.97 Å². The van der Waals surface area contributed by atoms with Crippen LogP contribution < -0.4 is 10.6 Å². The number of carbonyl (C=O) groups excluding carboxylic acids is 1. The summed E-state index contributed by atoms with van der Waals surface area (Å²) in [7, 11) is 0. The van der Waals surface area contributed by atoms with E-state index in [-0.39, 0.29) is 12.0 Å². The van der Waals surface area contributed by atoms with E-state index >= 15 is 0 Å². The second-order valence-electron chi connectivity index (χ2n) is 12.7. The predicted molar refractivity (Wildman–Crippen MR) is 162 cm³/mol. The lowest BCUT2D eigenvalue weighted by molar-refractivity contribution is -0.155. The van der Waals surface area contributed by atoms with Crippen molar-refractivity contribution < 1.29 is 14.3 Å². The first-order valence-corrected chi connectivity index (χ1v) is 15.2. The van der Waals surface area contributed by atoms with E-state index in [4.69, 9.17) is 26.1 Å². The Morgan fingerprint density at radius 3 is 2.66 bits per heavy atom. The Morgan fingerprint density at radius 1 is 1.24 bits per heavy atom. The Bertz CT molecular complexity index is 1210. The minimum atomic E-state index is -0.452. The zero-order valence-corrected chi connectivity index (χ0v) is 25.6. The van der Waals surface area contributed by atoms with E-state index < -0.39 is 11.0 Å². The topological polar surface area (TPSA) is 109 Å². The molecule has 1 saturated carbocycles. The van der Waals surface area contributed by atoms with Crippen LogP contribution in [-0.2, 0) is 20.7 Å². The highest BCUT2D eigenvalue weighted by atomic mass is 35.5. The van der Waals surface area contributed by atoms with Crippen LogP contribution in [0.3, 0.4) is 0 Å². The van der Waals surface area contributed by atoms with Gasteiger partial charge in [-0.2, -0.15) is 5.26 Å². The normalized spacial score (nSPS) is 21.5. The maximum Gasteiger partial charge on any atom is 0.307 e. The van der Waals surface area contributed by atoms with Crippen molar-refractivity contribution >= 4 is 23.4 Å². The van der Waals surface area contributed by atoms with Gasteiger partial charge in [-0.25, -0.2) is 4.98 Å². The lowest BCUT2D eigenvalue weighted by Gasteiger charge is -2.31. The number of hydrogen-bond donors (Lipinski definition) is 2. The molecule has 9 heteroatoms. The number of carbonyl (C=O) groups is 1. The summed E-state index contributed by atoms with van der Waals surface area (Å²) in [5.41, 5.74) is 1.79. The number of esters is 1. The Hall–Kier alpha value is -2.73. The standard InChI is InChI=1S/C32H44ClN5O3/c1-22(16-30(39)41-31(2,3)4)37-24-10-8-23(9-11-24)17-25-18-26(27(33)19-35-25)28-6-5-7-29(38-28)36-21-32(20-34)12-14-40-15-13-32/h5-7,18-19,22-24,37H,8-17,21H2,1-4H3,(H,36,38)/t22-,23?,24?/m1/s1. The maximum atomic E-state index is 12.2. The number of nitriles is 1. The monoisotopic (exact) mass is 581 g/mol. The van der Waals surface area contributed by atoms with Gasteiger partial charge in [0.2, 0.25) is 0 Å². The molecule has 1 atom stereocenters. The van der Waals surface area contributed by atoms with Gasteiger partial charge in [-0.3, -0.25) is 9.78 Å². The lowest BCUT2D eigenvalue weighted by Crippen LogP contribution is -2.41. The molecule has 222 valence electrons. The first-order valence-electron chi connectivity index (χ1n) is 14.9. The predicted octanol–water partition coefficient (Wildman–Crippen LogP) is 6.34. The molecule has 3 heterocycles. The van der Waals surface area contributed by atoms with Crippen LogP contribution in [0.5, 0.6) is 0 Å². The highest BCUT2D eigenvalue weighted by Crippen LogP contribution is 2.33. The van der Waals surface area contributed by atoms with E-state index in [2.05, 4.69) is 34.7 Å². The molecule has 2 aromatic rings. The van der Waals surface area contributed by atoms with Crippen molar-refractivity contribution in [3.05, 3.63) is 41.2 Å². The van der Waals surface area contributed by atoms with E-state index in [1.807, 2.05) is 39.0 Å². The third-order valence-electron chi connectivity index (χ3n) is 7.99. The average Bonchev–Trinajstić information content (AvgIpc) is 2.93. The van der Waals surface area contributed by atoms with Gasteiger partial charge in [-0.1, -0.05) is 17.7 Å².